The van der Waals surface area contributed by atoms with Crippen LogP contribution in [-0.2, 0) is 19.6 Å². The molecule has 1 aliphatic carbocycles. The zero-order chi connectivity index (χ0) is 25.5. The third kappa shape index (κ3) is 3.84. The molecule has 7 heteroatoms. The summed E-state index contributed by atoms with van der Waals surface area (Å²) in [5.74, 6) is -1.01. The zero-order valence-corrected chi connectivity index (χ0v) is 21.3. The summed E-state index contributed by atoms with van der Waals surface area (Å²) in [4.78, 5) is 18.6. The number of fused-ring (bicyclic) bond motifs is 3. The maximum Gasteiger partial charge on any atom is 0.339 e. The molecule has 0 radical (unpaired) electrons. The third-order valence-electron chi connectivity index (χ3n) is 6.87. The van der Waals surface area contributed by atoms with E-state index in [0.717, 1.165) is 33.4 Å². The summed E-state index contributed by atoms with van der Waals surface area (Å²) >= 11 is 0. The van der Waals surface area contributed by atoms with Crippen molar-refractivity contribution in [3.63, 3.8) is 0 Å². The first-order valence-electron chi connectivity index (χ1n) is 12.0. The van der Waals surface area contributed by atoms with Crippen LogP contribution in [0.3, 0.4) is 0 Å². The van der Waals surface area contributed by atoms with Crippen molar-refractivity contribution >= 4 is 34.0 Å². The van der Waals surface area contributed by atoms with Gasteiger partial charge < -0.3 is 4.74 Å². The SMILES string of the molecule is CCOC(=O)C12N=CN(S(=O)(=O)c3ccc(C)cc3)CC1c1cc(C)ccc1/C2=C/c1ccccc1. The van der Waals surface area contributed by atoms with E-state index < -0.39 is 27.4 Å². The van der Waals surface area contributed by atoms with Crippen molar-refractivity contribution in [2.24, 2.45) is 4.99 Å². The number of carbonyl (C=O) groups is 1. The van der Waals surface area contributed by atoms with Gasteiger partial charge >= 0.3 is 5.97 Å². The largest absolute Gasteiger partial charge is 0.464 e. The molecule has 2 atom stereocenters. The van der Waals surface area contributed by atoms with Crippen LogP contribution in [0.25, 0.3) is 11.6 Å². The Kier molecular flexibility index (Phi) is 6.04. The highest BCUT2D eigenvalue weighted by Crippen LogP contribution is 2.54. The molecule has 0 aromatic heterocycles. The monoisotopic (exact) mass is 500 g/mol. The van der Waals surface area contributed by atoms with E-state index in [9.17, 15) is 13.2 Å². The quantitative estimate of drug-likeness (QED) is 0.463. The molecular weight excluding hydrogens is 472 g/mol. The number of nitrogens with zero attached hydrogens (tertiary/aromatic N) is 2. The second-order valence-electron chi connectivity index (χ2n) is 9.23. The van der Waals surface area contributed by atoms with Gasteiger partial charge in [0.25, 0.3) is 10.0 Å². The lowest BCUT2D eigenvalue weighted by atomic mass is 9.80. The van der Waals surface area contributed by atoms with Crippen LogP contribution in [0.15, 0.2) is 82.7 Å². The Labute approximate surface area is 212 Å². The van der Waals surface area contributed by atoms with Crippen molar-refractivity contribution in [2.75, 3.05) is 13.2 Å². The lowest BCUT2D eigenvalue weighted by molar-refractivity contribution is -0.147. The van der Waals surface area contributed by atoms with Crippen LogP contribution >= 0.6 is 0 Å². The highest BCUT2D eigenvalue weighted by atomic mass is 32.2. The minimum Gasteiger partial charge on any atom is -0.464 e. The molecule has 0 saturated heterocycles. The van der Waals surface area contributed by atoms with E-state index in [1.165, 1.54) is 10.6 Å². The molecule has 2 unspecified atom stereocenters. The van der Waals surface area contributed by atoms with E-state index in [1.54, 1.807) is 31.2 Å². The molecule has 0 N–H and O–H groups in total. The number of benzene rings is 3. The fourth-order valence-corrected chi connectivity index (χ4v) is 6.33. The van der Waals surface area contributed by atoms with E-state index in [2.05, 4.69) is 0 Å². The van der Waals surface area contributed by atoms with Crippen molar-refractivity contribution in [1.29, 1.82) is 0 Å². The van der Waals surface area contributed by atoms with Crippen LogP contribution in [0.1, 0.15) is 40.7 Å². The third-order valence-corrected chi connectivity index (χ3v) is 8.59. The summed E-state index contributed by atoms with van der Waals surface area (Å²) in [5, 5.41) is 0. The van der Waals surface area contributed by atoms with E-state index in [-0.39, 0.29) is 18.0 Å². The first-order valence-corrected chi connectivity index (χ1v) is 13.4. The standard InChI is InChI=1S/C29H28N2O4S/c1-4-35-28(32)29-26(17-22-8-6-5-7-9-22)24-15-12-21(3)16-25(24)27(29)18-31(19-30-29)36(33,34)23-13-10-20(2)11-14-23/h5-17,19,27H,4,18H2,1-3H3/b26-17-. The highest BCUT2D eigenvalue weighted by molar-refractivity contribution is 7.89. The Hall–Kier alpha value is -3.71. The number of hydrogen-bond donors (Lipinski definition) is 0. The predicted molar refractivity (Wildman–Crippen MR) is 141 cm³/mol. The van der Waals surface area contributed by atoms with Crippen molar-refractivity contribution in [1.82, 2.24) is 4.31 Å². The Morgan fingerprint density at radius 2 is 1.75 bits per heavy atom. The van der Waals surface area contributed by atoms with Crippen LogP contribution in [0.2, 0.25) is 0 Å². The Morgan fingerprint density at radius 3 is 2.44 bits per heavy atom. The van der Waals surface area contributed by atoms with E-state index >= 15 is 0 Å². The van der Waals surface area contributed by atoms with E-state index in [0.29, 0.717) is 0 Å². The fraction of sp³-hybridized carbons (Fsp3) is 0.241. The van der Waals surface area contributed by atoms with Crippen molar-refractivity contribution in [2.45, 2.75) is 37.1 Å². The van der Waals surface area contributed by atoms with Gasteiger partial charge in [0.1, 0.15) is 6.34 Å². The second-order valence-corrected chi connectivity index (χ2v) is 11.1. The second kappa shape index (κ2) is 9.06. The van der Waals surface area contributed by atoms with Crippen molar-refractivity contribution in [3.8, 4) is 0 Å². The Bertz CT molecular complexity index is 1480. The van der Waals surface area contributed by atoms with Crippen molar-refractivity contribution in [3.05, 3.63) is 101 Å². The first kappa shape index (κ1) is 24.0. The molecule has 3 aromatic rings. The molecule has 184 valence electrons. The topological polar surface area (TPSA) is 76.0 Å². The van der Waals surface area contributed by atoms with Gasteiger partial charge in [-0.2, -0.15) is 0 Å². The summed E-state index contributed by atoms with van der Waals surface area (Å²) in [7, 11) is -3.86. The average molecular weight is 501 g/mol. The minimum absolute atomic E-state index is 0.0705. The molecule has 0 saturated carbocycles. The minimum atomic E-state index is -3.86. The molecule has 3 aromatic carbocycles. The van der Waals surface area contributed by atoms with Crippen molar-refractivity contribution < 1.29 is 17.9 Å². The number of aliphatic imine (C=N–C) groups is 1. The molecule has 1 aliphatic heterocycles. The molecule has 0 spiro atoms. The lowest BCUT2D eigenvalue weighted by Gasteiger charge is -2.38. The average Bonchev–Trinajstić information content (AvgIpc) is 3.14. The zero-order valence-electron chi connectivity index (χ0n) is 20.5. The van der Waals surface area contributed by atoms with Gasteiger partial charge in [0.2, 0.25) is 0 Å². The number of rotatable bonds is 5. The fourth-order valence-electron chi connectivity index (χ4n) is 5.06. The number of esters is 1. The highest BCUT2D eigenvalue weighted by Gasteiger charge is 2.59. The van der Waals surface area contributed by atoms with E-state index in [1.807, 2.05) is 68.5 Å². The van der Waals surface area contributed by atoms with Gasteiger partial charge in [0, 0.05) is 12.5 Å². The van der Waals surface area contributed by atoms with Crippen LogP contribution in [0.5, 0.6) is 0 Å². The molecule has 5 rings (SSSR count). The summed E-state index contributed by atoms with van der Waals surface area (Å²) < 4.78 is 33.9. The van der Waals surface area contributed by atoms with Gasteiger partial charge in [-0.1, -0.05) is 71.8 Å². The van der Waals surface area contributed by atoms with Gasteiger partial charge in [-0.05, 0) is 61.2 Å². The summed E-state index contributed by atoms with van der Waals surface area (Å²) in [5.41, 5.74) is 4.04. The first-order chi connectivity index (χ1) is 17.3. The molecule has 0 amide bonds. The van der Waals surface area contributed by atoms with Crippen LogP contribution < -0.4 is 0 Å². The number of aryl methyl sites for hydroxylation is 2. The summed E-state index contributed by atoms with van der Waals surface area (Å²) in [6.07, 6.45) is 3.26. The summed E-state index contributed by atoms with van der Waals surface area (Å²) in [6, 6.07) is 22.5. The lowest BCUT2D eigenvalue weighted by Crippen LogP contribution is -2.51. The van der Waals surface area contributed by atoms with Gasteiger partial charge in [0.05, 0.1) is 11.5 Å². The van der Waals surface area contributed by atoms with Crippen LogP contribution in [0.4, 0.5) is 0 Å². The predicted octanol–water partition coefficient (Wildman–Crippen LogP) is 4.98. The number of sulfonamides is 1. The molecule has 6 nitrogen and oxygen atoms in total. The maximum atomic E-state index is 13.7. The molecule has 36 heavy (non-hydrogen) atoms. The van der Waals surface area contributed by atoms with Gasteiger partial charge in [-0.25, -0.2) is 13.2 Å². The normalized spacial score (nSPS) is 21.8. The number of hydrogen-bond acceptors (Lipinski definition) is 5. The number of carbonyl (C=O) groups excluding carboxylic acids is 1. The van der Waals surface area contributed by atoms with Gasteiger partial charge in [-0.3, -0.25) is 9.30 Å². The molecule has 0 fully saturated rings. The smallest absolute Gasteiger partial charge is 0.339 e. The van der Waals surface area contributed by atoms with Gasteiger partial charge in [0.15, 0.2) is 5.54 Å². The molecule has 0 bridgehead atoms. The number of ether oxygens (including phenoxy) is 1. The molecule has 2 aliphatic rings. The van der Waals surface area contributed by atoms with Crippen LogP contribution in [-0.4, -0.2) is 43.7 Å². The van der Waals surface area contributed by atoms with Gasteiger partial charge in [-0.15, -0.1) is 0 Å². The molecule has 1 heterocycles. The summed E-state index contributed by atoms with van der Waals surface area (Å²) in [6.45, 7) is 5.92. The van der Waals surface area contributed by atoms with Crippen LogP contribution in [0, 0.1) is 13.8 Å². The Morgan fingerprint density at radius 1 is 1.06 bits per heavy atom. The Balaban J connectivity index is 1.71. The van der Waals surface area contributed by atoms with E-state index in [4.69, 9.17) is 9.73 Å². The molecular formula is C29H28N2O4S. The maximum absolute atomic E-state index is 13.7.